The minimum Gasteiger partial charge on any atom is -0.0683 e. The molecule has 3 aliphatic rings. The molecule has 20 heavy (non-hydrogen) atoms. The van der Waals surface area contributed by atoms with Gasteiger partial charge in [0, 0.05) is 0 Å². The molecule has 0 aromatic carbocycles. The molecular formula is C20H38. The van der Waals surface area contributed by atoms with Gasteiger partial charge in [0.05, 0.1) is 0 Å². The summed E-state index contributed by atoms with van der Waals surface area (Å²) in [6.07, 6.45) is 9.00. The molecule has 3 rings (SSSR count). The lowest BCUT2D eigenvalue weighted by molar-refractivity contribution is 0.0721. The van der Waals surface area contributed by atoms with Crippen LogP contribution in [0, 0.1) is 47.3 Å². The van der Waals surface area contributed by atoms with Crippen LogP contribution in [0.1, 0.15) is 80.1 Å². The maximum absolute atomic E-state index is 2.45. The van der Waals surface area contributed by atoms with Crippen molar-refractivity contribution in [1.29, 1.82) is 0 Å². The van der Waals surface area contributed by atoms with E-state index in [2.05, 4.69) is 27.7 Å². The number of fused-ring (bicyclic) bond motifs is 5. The average Bonchev–Trinajstić information content (AvgIpc) is 3.16. The molecule has 0 nitrogen and oxygen atoms in total. The van der Waals surface area contributed by atoms with Crippen LogP contribution in [-0.4, -0.2) is 0 Å². The van der Waals surface area contributed by atoms with Gasteiger partial charge in [0.2, 0.25) is 0 Å². The Labute approximate surface area is 128 Å². The highest BCUT2D eigenvalue weighted by Gasteiger charge is 2.62. The van der Waals surface area contributed by atoms with E-state index < -0.39 is 0 Å². The summed E-state index contributed by atoms with van der Waals surface area (Å²) in [4.78, 5) is 0. The van der Waals surface area contributed by atoms with Gasteiger partial charge in [-0.2, -0.15) is 0 Å². The third-order valence-corrected chi connectivity index (χ3v) is 7.31. The largest absolute Gasteiger partial charge is 0.0683 e. The summed E-state index contributed by atoms with van der Waals surface area (Å²) in [5.74, 6) is 8.86. The Morgan fingerprint density at radius 2 is 1.00 bits per heavy atom. The highest BCUT2D eigenvalue weighted by molar-refractivity contribution is 5.10. The van der Waals surface area contributed by atoms with Crippen LogP contribution in [0.3, 0.4) is 0 Å². The summed E-state index contributed by atoms with van der Waals surface area (Å²) in [7, 11) is 0. The van der Waals surface area contributed by atoms with Crippen molar-refractivity contribution >= 4 is 0 Å². The number of hydrogen-bond donors (Lipinski definition) is 0. The summed E-state index contributed by atoms with van der Waals surface area (Å²) in [6.45, 7) is 13.8. The first-order valence-electron chi connectivity index (χ1n) is 9.76. The van der Waals surface area contributed by atoms with E-state index in [1.807, 2.05) is 13.8 Å². The molecule has 3 fully saturated rings. The highest BCUT2D eigenvalue weighted by atomic mass is 14.7. The second kappa shape index (κ2) is 6.84. The van der Waals surface area contributed by atoms with Crippen molar-refractivity contribution in [2.24, 2.45) is 47.3 Å². The maximum Gasteiger partial charge on any atom is -0.0321 e. The van der Waals surface area contributed by atoms with Gasteiger partial charge in [0.25, 0.3) is 0 Å². The number of rotatable bonds is 4. The molecule has 3 saturated carbocycles. The first-order valence-corrected chi connectivity index (χ1v) is 9.76. The van der Waals surface area contributed by atoms with Crippen molar-refractivity contribution in [2.45, 2.75) is 80.1 Å². The van der Waals surface area contributed by atoms with Crippen LogP contribution in [0.4, 0.5) is 0 Å². The number of hydrogen-bond acceptors (Lipinski definition) is 0. The van der Waals surface area contributed by atoms with E-state index in [-0.39, 0.29) is 0 Å². The van der Waals surface area contributed by atoms with Crippen LogP contribution in [0.5, 0.6) is 0 Å². The van der Waals surface area contributed by atoms with Gasteiger partial charge in [-0.3, -0.25) is 0 Å². The molecular weight excluding hydrogens is 240 g/mol. The molecule has 0 heteroatoms. The maximum atomic E-state index is 2.45. The zero-order valence-electron chi connectivity index (χ0n) is 14.9. The molecule has 0 amide bonds. The molecule has 0 aromatic rings. The lowest BCUT2D eigenvalue weighted by Gasteiger charge is -2.41. The quantitative estimate of drug-likeness (QED) is 0.558. The van der Waals surface area contributed by atoms with Crippen LogP contribution in [0.25, 0.3) is 0 Å². The molecule has 0 heterocycles. The minimum atomic E-state index is 1.09. The molecule has 118 valence electrons. The minimum absolute atomic E-state index is 1.09. The van der Waals surface area contributed by atoms with Gasteiger partial charge in [-0.25, -0.2) is 0 Å². The van der Waals surface area contributed by atoms with Crippen LogP contribution in [0.15, 0.2) is 0 Å². The molecule has 0 saturated heterocycles. The monoisotopic (exact) mass is 278 g/mol. The smallest absolute Gasteiger partial charge is 0.0321 e. The van der Waals surface area contributed by atoms with Crippen LogP contribution in [0.2, 0.25) is 0 Å². The first-order chi connectivity index (χ1) is 9.76. The molecule has 0 radical (unpaired) electrons. The molecule has 2 bridgehead atoms. The lowest BCUT2D eigenvalue weighted by atomic mass is 9.64. The summed E-state index contributed by atoms with van der Waals surface area (Å²) in [6, 6.07) is 0. The third-order valence-electron chi connectivity index (χ3n) is 7.31. The van der Waals surface area contributed by atoms with Gasteiger partial charge < -0.3 is 0 Å². The zero-order valence-corrected chi connectivity index (χ0v) is 14.9. The lowest BCUT2D eigenvalue weighted by Crippen LogP contribution is -2.35. The van der Waals surface area contributed by atoms with Crippen LogP contribution >= 0.6 is 0 Å². The van der Waals surface area contributed by atoms with Gasteiger partial charge in [-0.1, -0.05) is 67.2 Å². The Balaban J connectivity index is 0.000000704. The molecule has 3 aliphatic carbocycles. The Bertz CT molecular complexity index is 266. The fourth-order valence-corrected chi connectivity index (χ4v) is 6.87. The fraction of sp³-hybridized carbons (Fsp3) is 1.00. The first kappa shape index (κ1) is 16.4. The van der Waals surface area contributed by atoms with Gasteiger partial charge in [0.15, 0.2) is 0 Å². The van der Waals surface area contributed by atoms with Crippen LogP contribution < -0.4 is 0 Å². The third kappa shape index (κ3) is 2.26. The van der Waals surface area contributed by atoms with Gasteiger partial charge in [-0.15, -0.1) is 0 Å². The molecule has 8 atom stereocenters. The summed E-state index contributed by atoms with van der Waals surface area (Å²) >= 11 is 0. The van der Waals surface area contributed by atoms with Crippen molar-refractivity contribution in [2.75, 3.05) is 0 Å². The van der Waals surface area contributed by atoms with E-state index in [1.165, 1.54) is 25.7 Å². The Morgan fingerprint density at radius 3 is 1.30 bits per heavy atom. The van der Waals surface area contributed by atoms with Gasteiger partial charge in [-0.05, 0) is 60.2 Å². The second-order valence-corrected chi connectivity index (χ2v) is 7.43. The normalized spacial score (nSPS) is 48.9. The molecule has 0 aromatic heterocycles. The van der Waals surface area contributed by atoms with Gasteiger partial charge in [0.1, 0.15) is 0 Å². The Morgan fingerprint density at radius 1 is 0.600 bits per heavy atom. The molecule has 0 spiro atoms. The van der Waals surface area contributed by atoms with E-state index in [0.717, 1.165) is 47.3 Å². The van der Waals surface area contributed by atoms with Crippen LogP contribution in [-0.2, 0) is 0 Å². The molecule has 0 N–H and O–H groups in total. The van der Waals surface area contributed by atoms with E-state index in [9.17, 15) is 0 Å². The topological polar surface area (TPSA) is 0 Å². The Hall–Kier alpha value is 0. The van der Waals surface area contributed by atoms with Crippen molar-refractivity contribution in [3.8, 4) is 0 Å². The predicted molar refractivity (Wildman–Crippen MR) is 89.7 cm³/mol. The average molecular weight is 279 g/mol. The van der Waals surface area contributed by atoms with Crippen molar-refractivity contribution in [3.63, 3.8) is 0 Å². The second-order valence-electron chi connectivity index (χ2n) is 7.43. The van der Waals surface area contributed by atoms with Gasteiger partial charge >= 0.3 is 0 Å². The summed E-state index contributed by atoms with van der Waals surface area (Å²) < 4.78 is 0. The standard InChI is InChI=1S/C18H32.C2H6/c1-5-11-9-12(6-2)18-16-10-15(17(11)18)13(7-3)14(16)8-4;1-2/h11-18H,5-10H2,1-4H3;1-2H3. The van der Waals surface area contributed by atoms with Crippen molar-refractivity contribution in [1.82, 2.24) is 0 Å². The van der Waals surface area contributed by atoms with Crippen molar-refractivity contribution < 1.29 is 0 Å². The van der Waals surface area contributed by atoms with E-state index in [4.69, 9.17) is 0 Å². The fourth-order valence-electron chi connectivity index (χ4n) is 6.87. The predicted octanol–water partition coefficient (Wildman–Crippen LogP) is 6.40. The SMILES string of the molecule is CC.CCC1CC(CC)C2C3CC(C(CC)C3CC)C12. The van der Waals surface area contributed by atoms with Crippen molar-refractivity contribution in [3.05, 3.63) is 0 Å². The Kier molecular flexibility index (Phi) is 5.60. The molecule has 8 unspecified atom stereocenters. The summed E-state index contributed by atoms with van der Waals surface area (Å²) in [5.41, 5.74) is 0. The summed E-state index contributed by atoms with van der Waals surface area (Å²) in [5, 5.41) is 0. The zero-order chi connectivity index (χ0) is 14.9. The van der Waals surface area contributed by atoms with E-state index >= 15 is 0 Å². The van der Waals surface area contributed by atoms with E-state index in [1.54, 1.807) is 12.8 Å². The van der Waals surface area contributed by atoms with E-state index in [0.29, 0.717) is 0 Å². The highest BCUT2D eigenvalue weighted by Crippen LogP contribution is 2.68. The molecule has 0 aliphatic heterocycles.